The number of hydrogen-bond donors (Lipinski definition) is 2. The first-order chi connectivity index (χ1) is 13.1. The maximum atomic E-state index is 12.1. The van der Waals surface area contributed by atoms with Gasteiger partial charge in [0.2, 0.25) is 5.91 Å². The molecule has 0 aliphatic rings. The largest absolute Gasteiger partial charge is 0.459 e. The number of nitrogens with one attached hydrogen (secondary N) is 2. The summed E-state index contributed by atoms with van der Waals surface area (Å²) in [4.78, 5) is 24.1. The zero-order valence-electron chi connectivity index (χ0n) is 15.2. The highest BCUT2D eigenvalue weighted by atomic mass is 16.3. The molecule has 0 atom stereocenters. The van der Waals surface area contributed by atoms with Gasteiger partial charge in [-0.1, -0.05) is 31.2 Å². The first-order valence-electron chi connectivity index (χ1n) is 8.96. The van der Waals surface area contributed by atoms with Crippen molar-refractivity contribution in [1.29, 1.82) is 0 Å². The van der Waals surface area contributed by atoms with Crippen LogP contribution in [-0.4, -0.2) is 11.8 Å². The van der Waals surface area contributed by atoms with Crippen LogP contribution in [0.1, 0.15) is 35.0 Å². The van der Waals surface area contributed by atoms with Crippen LogP contribution >= 0.6 is 0 Å². The second-order valence-electron chi connectivity index (χ2n) is 6.23. The lowest BCUT2D eigenvalue weighted by molar-refractivity contribution is -0.116. The van der Waals surface area contributed by atoms with Crippen LogP contribution in [0.25, 0.3) is 0 Å². The number of anilines is 2. The zero-order chi connectivity index (χ0) is 19.1. The van der Waals surface area contributed by atoms with Gasteiger partial charge in [0.1, 0.15) is 0 Å². The van der Waals surface area contributed by atoms with Gasteiger partial charge in [0, 0.05) is 17.8 Å². The molecule has 0 unspecified atom stereocenters. The van der Waals surface area contributed by atoms with Crippen LogP contribution in [0, 0.1) is 0 Å². The molecular weight excluding hydrogens is 340 g/mol. The Hall–Kier alpha value is -3.34. The van der Waals surface area contributed by atoms with Crippen LogP contribution in [-0.2, 0) is 17.6 Å². The van der Waals surface area contributed by atoms with Crippen LogP contribution < -0.4 is 10.6 Å². The van der Waals surface area contributed by atoms with Gasteiger partial charge in [0.15, 0.2) is 5.76 Å². The monoisotopic (exact) mass is 362 g/mol. The predicted molar refractivity (Wildman–Crippen MR) is 106 cm³/mol. The first kappa shape index (κ1) is 18.5. The van der Waals surface area contributed by atoms with E-state index < -0.39 is 0 Å². The Kier molecular flexibility index (Phi) is 6.05. The summed E-state index contributed by atoms with van der Waals surface area (Å²) in [5, 5.41) is 5.61. The molecule has 0 saturated carbocycles. The number of aryl methyl sites for hydroxylation is 2. The Morgan fingerprint density at radius 1 is 0.852 bits per heavy atom. The molecule has 27 heavy (non-hydrogen) atoms. The maximum Gasteiger partial charge on any atom is 0.291 e. The minimum Gasteiger partial charge on any atom is -0.459 e. The molecule has 138 valence electrons. The molecule has 3 aromatic rings. The van der Waals surface area contributed by atoms with Crippen LogP contribution in [0.4, 0.5) is 11.4 Å². The average Bonchev–Trinajstić information content (AvgIpc) is 3.23. The lowest BCUT2D eigenvalue weighted by Gasteiger charge is -2.08. The summed E-state index contributed by atoms with van der Waals surface area (Å²) in [7, 11) is 0. The molecule has 0 spiro atoms. The highest BCUT2D eigenvalue weighted by molar-refractivity contribution is 6.02. The van der Waals surface area contributed by atoms with Gasteiger partial charge in [-0.15, -0.1) is 0 Å². The Labute approximate surface area is 158 Å². The minimum absolute atomic E-state index is 0.0399. The molecular formula is C22H22N2O3. The van der Waals surface area contributed by atoms with Crippen molar-refractivity contribution < 1.29 is 14.0 Å². The van der Waals surface area contributed by atoms with Crippen molar-refractivity contribution >= 4 is 23.2 Å². The number of carbonyl (C=O) groups is 2. The second-order valence-corrected chi connectivity index (χ2v) is 6.23. The summed E-state index contributed by atoms with van der Waals surface area (Å²) in [5.74, 6) is -0.104. The molecule has 0 saturated heterocycles. The molecule has 0 radical (unpaired) electrons. The van der Waals surface area contributed by atoms with Crippen molar-refractivity contribution in [2.24, 2.45) is 0 Å². The van der Waals surface area contributed by atoms with E-state index in [1.54, 1.807) is 36.4 Å². The zero-order valence-corrected chi connectivity index (χ0v) is 15.2. The van der Waals surface area contributed by atoms with E-state index in [1.807, 2.05) is 0 Å². The van der Waals surface area contributed by atoms with Gasteiger partial charge in [-0.2, -0.15) is 0 Å². The SMILES string of the molecule is CCc1ccc(CCC(=O)Nc2ccc(NC(=O)c3ccco3)cc2)cc1. The van der Waals surface area contributed by atoms with Crippen molar-refractivity contribution in [1.82, 2.24) is 0 Å². The molecule has 0 fully saturated rings. The molecule has 2 amide bonds. The van der Waals surface area contributed by atoms with Gasteiger partial charge >= 0.3 is 0 Å². The van der Waals surface area contributed by atoms with Crippen molar-refractivity contribution in [3.8, 4) is 0 Å². The van der Waals surface area contributed by atoms with Crippen LogP contribution in [0.5, 0.6) is 0 Å². The van der Waals surface area contributed by atoms with Gasteiger partial charge in [0.05, 0.1) is 6.26 Å². The van der Waals surface area contributed by atoms with Gasteiger partial charge in [-0.05, 0) is 60.4 Å². The van der Waals surface area contributed by atoms with Crippen LogP contribution in [0.3, 0.4) is 0 Å². The maximum absolute atomic E-state index is 12.1. The number of furan rings is 1. The highest BCUT2D eigenvalue weighted by Crippen LogP contribution is 2.15. The van der Waals surface area contributed by atoms with Crippen LogP contribution in [0.2, 0.25) is 0 Å². The molecule has 0 aliphatic carbocycles. The topological polar surface area (TPSA) is 71.3 Å². The molecule has 2 aromatic carbocycles. The standard InChI is InChI=1S/C22H22N2O3/c1-2-16-5-7-17(8-6-16)9-14-21(25)23-18-10-12-19(13-11-18)24-22(26)20-4-3-15-27-20/h3-8,10-13,15H,2,9,14H2,1H3,(H,23,25)(H,24,26). The van der Waals surface area contributed by atoms with E-state index in [9.17, 15) is 9.59 Å². The van der Waals surface area contributed by atoms with Gasteiger partial charge in [-0.25, -0.2) is 0 Å². The van der Waals surface area contributed by atoms with E-state index >= 15 is 0 Å². The number of amides is 2. The Morgan fingerprint density at radius 2 is 1.48 bits per heavy atom. The fourth-order valence-corrected chi connectivity index (χ4v) is 2.66. The van der Waals surface area contributed by atoms with Gasteiger partial charge in [-0.3, -0.25) is 9.59 Å². The highest BCUT2D eigenvalue weighted by Gasteiger charge is 2.09. The van der Waals surface area contributed by atoms with E-state index in [1.165, 1.54) is 11.8 Å². The lowest BCUT2D eigenvalue weighted by atomic mass is 10.1. The van der Waals surface area contributed by atoms with Crippen LogP contribution in [0.15, 0.2) is 71.3 Å². The number of benzene rings is 2. The quantitative estimate of drug-likeness (QED) is 0.642. The number of carbonyl (C=O) groups excluding carboxylic acids is 2. The summed E-state index contributed by atoms with van der Waals surface area (Å²) in [6.07, 6.45) is 3.58. The Balaban J connectivity index is 1.48. The number of hydrogen-bond acceptors (Lipinski definition) is 3. The third kappa shape index (κ3) is 5.31. The normalized spacial score (nSPS) is 10.4. The third-order valence-corrected chi connectivity index (χ3v) is 4.24. The molecule has 0 aliphatic heterocycles. The van der Waals surface area contributed by atoms with Gasteiger partial charge in [0.25, 0.3) is 5.91 Å². The smallest absolute Gasteiger partial charge is 0.291 e. The molecule has 5 nitrogen and oxygen atoms in total. The Bertz CT molecular complexity index is 882. The Morgan fingerprint density at radius 3 is 2.07 bits per heavy atom. The first-order valence-corrected chi connectivity index (χ1v) is 8.96. The van der Waals surface area contributed by atoms with E-state index in [-0.39, 0.29) is 17.6 Å². The summed E-state index contributed by atoms with van der Waals surface area (Å²) >= 11 is 0. The minimum atomic E-state index is -0.314. The van der Waals surface area contributed by atoms with E-state index in [2.05, 4.69) is 41.8 Å². The average molecular weight is 362 g/mol. The summed E-state index contributed by atoms with van der Waals surface area (Å²) in [6.45, 7) is 2.12. The molecule has 2 N–H and O–H groups in total. The molecule has 0 bridgehead atoms. The van der Waals surface area contributed by atoms with E-state index in [0.717, 1.165) is 12.0 Å². The van der Waals surface area contributed by atoms with Crippen molar-refractivity contribution in [3.05, 3.63) is 83.8 Å². The molecule has 3 rings (SSSR count). The molecule has 5 heteroatoms. The van der Waals surface area contributed by atoms with Crippen molar-refractivity contribution in [2.45, 2.75) is 26.2 Å². The predicted octanol–water partition coefficient (Wildman–Crippen LogP) is 4.67. The van der Waals surface area contributed by atoms with E-state index in [4.69, 9.17) is 4.42 Å². The fraction of sp³-hybridized carbons (Fsp3) is 0.182. The molecule has 1 heterocycles. The summed E-state index contributed by atoms with van der Waals surface area (Å²) in [6, 6.07) is 18.6. The van der Waals surface area contributed by atoms with Gasteiger partial charge < -0.3 is 15.1 Å². The van der Waals surface area contributed by atoms with Crippen molar-refractivity contribution in [3.63, 3.8) is 0 Å². The lowest BCUT2D eigenvalue weighted by Crippen LogP contribution is -2.13. The fourth-order valence-electron chi connectivity index (χ4n) is 2.66. The van der Waals surface area contributed by atoms with Crippen molar-refractivity contribution in [2.75, 3.05) is 10.6 Å². The summed E-state index contributed by atoms with van der Waals surface area (Å²) < 4.78 is 5.05. The second kappa shape index (κ2) is 8.85. The number of rotatable bonds is 7. The third-order valence-electron chi connectivity index (χ3n) is 4.24. The van der Waals surface area contributed by atoms with E-state index in [0.29, 0.717) is 24.2 Å². The molecule has 1 aromatic heterocycles. The summed E-state index contributed by atoms with van der Waals surface area (Å²) in [5.41, 5.74) is 3.77.